The summed E-state index contributed by atoms with van der Waals surface area (Å²) in [5.41, 5.74) is 2.96. The van der Waals surface area contributed by atoms with Crippen LogP contribution in [0.5, 0.6) is 5.75 Å². The minimum atomic E-state index is -0.0763. The molecule has 3 rings (SSSR count). The summed E-state index contributed by atoms with van der Waals surface area (Å²) in [6.07, 6.45) is 0. The average Bonchev–Trinajstić information content (AvgIpc) is 2.61. The van der Waals surface area contributed by atoms with Crippen molar-refractivity contribution in [1.82, 2.24) is 0 Å². The van der Waals surface area contributed by atoms with E-state index in [9.17, 15) is 9.90 Å². The summed E-state index contributed by atoms with van der Waals surface area (Å²) in [6.45, 7) is 0. The predicted molar refractivity (Wildman–Crippen MR) is 90.4 cm³/mol. The lowest BCUT2D eigenvalue weighted by Gasteiger charge is -2.01. The monoisotopic (exact) mass is 298 g/mol. The molecule has 0 saturated heterocycles. The molecule has 0 radical (unpaired) electrons. The van der Waals surface area contributed by atoms with Gasteiger partial charge in [0.2, 0.25) is 0 Å². The summed E-state index contributed by atoms with van der Waals surface area (Å²) in [5, 5.41) is 9.27. The zero-order chi connectivity index (χ0) is 16.1. The van der Waals surface area contributed by atoms with E-state index in [1.807, 2.05) is 42.5 Å². The Morgan fingerprint density at radius 3 is 1.70 bits per heavy atom. The van der Waals surface area contributed by atoms with Crippen LogP contribution in [0.1, 0.15) is 27.0 Å². The van der Waals surface area contributed by atoms with E-state index in [1.165, 1.54) is 12.1 Å². The van der Waals surface area contributed by atoms with Gasteiger partial charge >= 0.3 is 0 Å². The van der Waals surface area contributed by atoms with Crippen molar-refractivity contribution in [2.45, 2.75) is 0 Å². The van der Waals surface area contributed by atoms with Crippen LogP contribution in [0.4, 0.5) is 0 Å². The summed E-state index contributed by atoms with van der Waals surface area (Å²) < 4.78 is 0. The maximum Gasteiger partial charge on any atom is 0.193 e. The summed E-state index contributed by atoms with van der Waals surface area (Å²) in [5.74, 6) is 6.23. The Morgan fingerprint density at radius 2 is 1.13 bits per heavy atom. The first-order chi connectivity index (χ1) is 11.2. The molecule has 0 spiro atoms. The van der Waals surface area contributed by atoms with Crippen LogP contribution in [0.3, 0.4) is 0 Å². The first-order valence-corrected chi connectivity index (χ1v) is 7.23. The number of carbonyl (C=O) groups excluding carboxylic acids is 1. The highest BCUT2D eigenvalue weighted by molar-refractivity contribution is 6.09. The molecule has 0 aliphatic heterocycles. The zero-order valence-electron chi connectivity index (χ0n) is 12.4. The Balaban J connectivity index is 1.78. The first-order valence-electron chi connectivity index (χ1n) is 7.23. The molecule has 0 aliphatic carbocycles. The van der Waals surface area contributed by atoms with Crippen molar-refractivity contribution in [3.8, 4) is 17.6 Å². The minimum absolute atomic E-state index is 0.0763. The second kappa shape index (κ2) is 6.64. The third kappa shape index (κ3) is 3.66. The van der Waals surface area contributed by atoms with Crippen LogP contribution in [0.2, 0.25) is 0 Å². The highest BCUT2D eigenvalue weighted by Gasteiger charge is 2.08. The largest absolute Gasteiger partial charge is 0.508 e. The zero-order valence-corrected chi connectivity index (χ0v) is 12.4. The molecule has 0 unspecified atom stereocenters. The minimum Gasteiger partial charge on any atom is -0.508 e. The molecule has 2 nitrogen and oxygen atoms in total. The molecule has 0 fully saturated rings. The number of phenolic OH excluding ortho intramolecular Hbond substituents is 1. The van der Waals surface area contributed by atoms with Crippen LogP contribution in [-0.2, 0) is 0 Å². The van der Waals surface area contributed by atoms with Gasteiger partial charge in [-0.05, 0) is 60.7 Å². The number of phenols is 1. The number of benzene rings is 3. The van der Waals surface area contributed by atoms with Crippen LogP contribution >= 0.6 is 0 Å². The quantitative estimate of drug-likeness (QED) is 0.573. The van der Waals surface area contributed by atoms with Gasteiger partial charge in [-0.3, -0.25) is 4.79 Å². The molecule has 0 saturated carbocycles. The summed E-state index contributed by atoms with van der Waals surface area (Å²) in [4.78, 5) is 12.3. The molecule has 0 atom stereocenters. The lowest BCUT2D eigenvalue weighted by molar-refractivity contribution is 0.103. The molecule has 0 heterocycles. The van der Waals surface area contributed by atoms with Crippen LogP contribution < -0.4 is 0 Å². The van der Waals surface area contributed by atoms with Gasteiger partial charge in [0.15, 0.2) is 5.78 Å². The van der Waals surface area contributed by atoms with Gasteiger partial charge in [0, 0.05) is 22.3 Å². The molecule has 3 aromatic rings. The van der Waals surface area contributed by atoms with E-state index in [0.717, 1.165) is 11.1 Å². The molecular formula is C21H14O2. The Labute approximate surface area is 135 Å². The lowest BCUT2D eigenvalue weighted by Crippen LogP contribution is -2.00. The molecule has 1 N–H and O–H groups in total. The van der Waals surface area contributed by atoms with Crippen molar-refractivity contribution in [2.24, 2.45) is 0 Å². The van der Waals surface area contributed by atoms with Crippen LogP contribution in [0, 0.1) is 11.8 Å². The van der Waals surface area contributed by atoms with Crippen LogP contribution in [0.15, 0.2) is 78.9 Å². The molecule has 0 aliphatic rings. The van der Waals surface area contributed by atoms with Crippen molar-refractivity contribution in [3.63, 3.8) is 0 Å². The van der Waals surface area contributed by atoms with Gasteiger partial charge in [0.25, 0.3) is 0 Å². The van der Waals surface area contributed by atoms with Gasteiger partial charge in [-0.15, -0.1) is 0 Å². The Kier molecular flexibility index (Phi) is 4.22. The van der Waals surface area contributed by atoms with Crippen molar-refractivity contribution >= 4 is 5.78 Å². The smallest absolute Gasteiger partial charge is 0.193 e. The standard InChI is InChI=1S/C21H14O2/c22-20-14-12-19(13-15-20)21(23)18-10-8-17(9-11-18)7-6-16-4-2-1-3-5-16/h1-5,8-15,22H. The van der Waals surface area contributed by atoms with Crippen molar-refractivity contribution in [2.75, 3.05) is 0 Å². The van der Waals surface area contributed by atoms with E-state index in [-0.39, 0.29) is 11.5 Å². The Morgan fingerprint density at radius 1 is 0.652 bits per heavy atom. The van der Waals surface area contributed by atoms with E-state index in [4.69, 9.17) is 0 Å². The van der Waals surface area contributed by atoms with Crippen molar-refractivity contribution in [3.05, 3.63) is 101 Å². The number of hydrogen-bond donors (Lipinski definition) is 1. The van der Waals surface area contributed by atoms with Gasteiger partial charge in [0.05, 0.1) is 0 Å². The molecule has 3 aromatic carbocycles. The maximum atomic E-state index is 12.3. The van der Waals surface area contributed by atoms with Gasteiger partial charge < -0.3 is 5.11 Å². The Bertz CT molecular complexity index is 865. The number of ketones is 1. The fourth-order valence-corrected chi connectivity index (χ4v) is 2.15. The molecule has 23 heavy (non-hydrogen) atoms. The fraction of sp³-hybridized carbons (Fsp3) is 0. The van der Waals surface area contributed by atoms with Gasteiger partial charge in [0.1, 0.15) is 5.75 Å². The highest BCUT2D eigenvalue weighted by atomic mass is 16.3. The predicted octanol–water partition coefficient (Wildman–Crippen LogP) is 4.02. The van der Waals surface area contributed by atoms with Crippen LogP contribution in [-0.4, -0.2) is 10.9 Å². The number of carbonyl (C=O) groups is 1. The van der Waals surface area contributed by atoms with Crippen molar-refractivity contribution < 1.29 is 9.90 Å². The van der Waals surface area contributed by atoms with E-state index in [0.29, 0.717) is 11.1 Å². The normalized spacial score (nSPS) is 9.74. The summed E-state index contributed by atoms with van der Waals surface area (Å²) in [7, 11) is 0. The molecule has 0 amide bonds. The highest BCUT2D eigenvalue weighted by Crippen LogP contribution is 2.14. The average molecular weight is 298 g/mol. The van der Waals surface area contributed by atoms with E-state index < -0.39 is 0 Å². The lowest BCUT2D eigenvalue weighted by atomic mass is 10.0. The number of aromatic hydroxyl groups is 1. The van der Waals surface area contributed by atoms with Crippen LogP contribution in [0.25, 0.3) is 0 Å². The van der Waals surface area contributed by atoms with Crippen molar-refractivity contribution in [1.29, 1.82) is 0 Å². The maximum absolute atomic E-state index is 12.3. The molecule has 0 bridgehead atoms. The second-order valence-corrected chi connectivity index (χ2v) is 5.07. The number of hydrogen-bond acceptors (Lipinski definition) is 2. The SMILES string of the molecule is O=C(c1ccc(O)cc1)c1ccc(C#Cc2ccccc2)cc1. The van der Waals surface area contributed by atoms with E-state index >= 15 is 0 Å². The van der Waals surface area contributed by atoms with E-state index in [2.05, 4.69) is 11.8 Å². The second-order valence-electron chi connectivity index (χ2n) is 5.07. The molecule has 2 heteroatoms. The number of rotatable bonds is 2. The topological polar surface area (TPSA) is 37.3 Å². The fourth-order valence-electron chi connectivity index (χ4n) is 2.15. The van der Waals surface area contributed by atoms with E-state index in [1.54, 1.807) is 24.3 Å². The first kappa shape index (κ1) is 14.6. The van der Waals surface area contributed by atoms with Gasteiger partial charge in [-0.2, -0.15) is 0 Å². The third-order valence-electron chi connectivity index (χ3n) is 3.40. The molecule has 110 valence electrons. The van der Waals surface area contributed by atoms with Gasteiger partial charge in [-0.25, -0.2) is 0 Å². The summed E-state index contributed by atoms with van der Waals surface area (Å²) >= 11 is 0. The summed E-state index contributed by atoms with van der Waals surface area (Å²) in [6, 6.07) is 23.2. The van der Waals surface area contributed by atoms with Gasteiger partial charge in [-0.1, -0.05) is 30.0 Å². The Hall–Kier alpha value is -3.31. The molecular weight excluding hydrogens is 284 g/mol. The molecule has 0 aromatic heterocycles. The third-order valence-corrected chi connectivity index (χ3v) is 3.40.